The van der Waals surface area contributed by atoms with Gasteiger partial charge in [-0.2, -0.15) is 0 Å². The number of hydrogen-bond donors (Lipinski definition) is 2. The highest BCUT2D eigenvalue weighted by atomic mass is 35.5. The van der Waals surface area contributed by atoms with Crippen molar-refractivity contribution in [2.45, 2.75) is 6.54 Å². The lowest BCUT2D eigenvalue weighted by Crippen LogP contribution is -2.10. The molecule has 0 aromatic heterocycles. The van der Waals surface area contributed by atoms with Gasteiger partial charge in [-0.25, -0.2) is 0 Å². The van der Waals surface area contributed by atoms with Gasteiger partial charge < -0.3 is 15.8 Å². The van der Waals surface area contributed by atoms with Gasteiger partial charge in [0.25, 0.3) is 0 Å². The second kappa shape index (κ2) is 6.30. The Hall–Kier alpha value is -2.20. The van der Waals surface area contributed by atoms with Crippen LogP contribution in [0.1, 0.15) is 15.9 Å². The third-order valence-electron chi connectivity index (χ3n) is 2.89. The summed E-state index contributed by atoms with van der Waals surface area (Å²) < 4.78 is 5.15. The van der Waals surface area contributed by atoms with E-state index in [1.165, 1.54) is 0 Å². The molecule has 0 aliphatic heterocycles. The standard InChI is InChI=1S/C15H15ClN2O2/c1-20-12-6-7-13(16)14(8-12)18-9-10-2-4-11(5-3-10)15(17)19/h2-8,18H,9H2,1H3,(H2,17,19). The van der Waals surface area contributed by atoms with E-state index in [2.05, 4.69) is 5.32 Å². The van der Waals surface area contributed by atoms with Crippen molar-refractivity contribution in [3.63, 3.8) is 0 Å². The van der Waals surface area contributed by atoms with Gasteiger partial charge in [-0.1, -0.05) is 23.7 Å². The van der Waals surface area contributed by atoms with Crippen molar-refractivity contribution in [1.82, 2.24) is 0 Å². The van der Waals surface area contributed by atoms with Gasteiger partial charge in [0.1, 0.15) is 5.75 Å². The van der Waals surface area contributed by atoms with Crippen molar-refractivity contribution >= 4 is 23.2 Å². The van der Waals surface area contributed by atoms with E-state index in [0.29, 0.717) is 17.1 Å². The number of amides is 1. The fourth-order valence-corrected chi connectivity index (χ4v) is 1.94. The summed E-state index contributed by atoms with van der Waals surface area (Å²) in [6.45, 7) is 0.589. The van der Waals surface area contributed by atoms with Crippen LogP contribution in [0.25, 0.3) is 0 Å². The van der Waals surface area contributed by atoms with Crippen LogP contribution >= 0.6 is 11.6 Å². The topological polar surface area (TPSA) is 64.3 Å². The molecule has 0 unspecified atom stereocenters. The zero-order chi connectivity index (χ0) is 14.5. The van der Waals surface area contributed by atoms with Crippen molar-refractivity contribution in [2.24, 2.45) is 5.73 Å². The largest absolute Gasteiger partial charge is 0.497 e. The highest BCUT2D eigenvalue weighted by molar-refractivity contribution is 6.33. The lowest BCUT2D eigenvalue weighted by atomic mass is 10.1. The van der Waals surface area contributed by atoms with Gasteiger partial charge in [-0.05, 0) is 29.8 Å². The van der Waals surface area contributed by atoms with Gasteiger partial charge >= 0.3 is 0 Å². The molecule has 0 radical (unpaired) electrons. The molecule has 104 valence electrons. The van der Waals surface area contributed by atoms with Crippen LogP contribution in [0.5, 0.6) is 5.75 Å². The number of nitrogens with one attached hydrogen (secondary N) is 1. The van der Waals surface area contributed by atoms with Crippen LogP contribution in [-0.4, -0.2) is 13.0 Å². The molecule has 0 saturated carbocycles. The summed E-state index contributed by atoms with van der Waals surface area (Å²) in [6, 6.07) is 12.5. The molecule has 0 spiro atoms. The molecule has 20 heavy (non-hydrogen) atoms. The van der Waals surface area contributed by atoms with E-state index < -0.39 is 5.91 Å². The Morgan fingerprint density at radius 3 is 2.55 bits per heavy atom. The quantitative estimate of drug-likeness (QED) is 0.889. The van der Waals surface area contributed by atoms with Crippen LogP contribution in [0.2, 0.25) is 5.02 Å². The number of ether oxygens (including phenoxy) is 1. The van der Waals surface area contributed by atoms with Crippen molar-refractivity contribution in [1.29, 1.82) is 0 Å². The summed E-state index contributed by atoms with van der Waals surface area (Å²) in [7, 11) is 1.61. The van der Waals surface area contributed by atoms with E-state index in [4.69, 9.17) is 22.1 Å². The third-order valence-corrected chi connectivity index (χ3v) is 3.22. The Morgan fingerprint density at radius 1 is 1.25 bits per heavy atom. The number of nitrogens with two attached hydrogens (primary N) is 1. The van der Waals surface area contributed by atoms with E-state index >= 15 is 0 Å². The molecule has 2 rings (SSSR count). The SMILES string of the molecule is COc1ccc(Cl)c(NCc2ccc(C(N)=O)cc2)c1. The molecule has 0 heterocycles. The summed E-state index contributed by atoms with van der Waals surface area (Å²) in [5.41, 5.74) is 7.51. The number of rotatable bonds is 5. The number of primary amides is 1. The Kier molecular flexibility index (Phi) is 4.48. The predicted octanol–water partition coefficient (Wildman–Crippen LogP) is 3.06. The fraction of sp³-hybridized carbons (Fsp3) is 0.133. The first-order valence-corrected chi connectivity index (χ1v) is 6.44. The molecule has 0 atom stereocenters. The van der Waals surface area contributed by atoms with Crippen LogP contribution in [0.3, 0.4) is 0 Å². The Labute approximate surface area is 122 Å². The van der Waals surface area contributed by atoms with E-state index in [-0.39, 0.29) is 0 Å². The second-order valence-electron chi connectivity index (χ2n) is 4.26. The van der Waals surface area contributed by atoms with E-state index in [0.717, 1.165) is 17.0 Å². The average molecular weight is 291 g/mol. The monoisotopic (exact) mass is 290 g/mol. The molecular weight excluding hydrogens is 276 g/mol. The summed E-state index contributed by atoms with van der Waals surface area (Å²) in [6.07, 6.45) is 0. The van der Waals surface area contributed by atoms with Gasteiger partial charge in [-0.15, -0.1) is 0 Å². The number of carbonyl (C=O) groups is 1. The number of benzene rings is 2. The predicted molar refractivity (Wildman–Crippen MR) is 80.3 cm³/mol. The minimum atomic E-state index is -0.430. The summed E-state index contributed by atoms with van der Waals surface area (Å²) in [5.74, 6) is 0.307. The molecule has 1 amide bonds. The molecule has 2 aromatic carbocycles. The van der Waals surface area contributed by atoms with Crippen molar-refractivity contribution < 1.29 is 9.53 Å². The highest BCUT2D eigenvalue weighted by Crippen LogP contribution is 2.27. The fourth-order valence-electron chi connectivity index (χ4n) is 1.75. The minimum absolute atomic E-state index is 0.430. The smallest absolute Gasteiger partial charge is 0.248 e. The third kappa shape index (κ3) is 3.42. The number of anilines is 1. The van der Waals surface area contributed by atoms with E-state index in [1.54, 1.807) is 31.4 Å². The van der Waals surface area contributed by atoms with Crippen LogP contribution in [0, 0.1) is 0 Å². The molecule has 3 N–H and O–H groups in total. The summed E-state index contributed by atoms with van der Waals surface area (Å²) in [4.78, 5) is 11.0. The lowest BCUT2D eigenvalue weighted by Gasteiger charge is -2.10. The first-order valence-electron chi connectivity index (χ1n) is 6.06. The molecule has 4 nitrogen and oxygen atoms in total. The van der Waals surface area contributed by atoms with Gasteiger partial charge in [0.2, 0.25) is 5.91 Å². The normalized spacial score (nSPS) is 10.1. The maximum atomic E-state index is 11.0. The van der Waals surface area contributed by atoms with Crippen molar-refractivity contribution in [3.8, 4) is 5.75 Å². The first-order chi connectivity index (χ1) is 9.60. The zero-order valence-electron chi connectivity index (χ0n) is 11.0. The van der Waals surface area contributed by atoms with E-state index in [9.17, 15) is 4.79 Å². The Bertz CT molecular complexity index is 612. The number of hydrogen-bond acceptors (Lipinski definition) is 3. The van der Waals surface area contributed by atoms with Crippen LogP contribution in [0.4, 0.5) is 5.69 Å². The van der Waals surface area contributed by atoms with Gasteiger partial charge in [0.15, 0.2) is 0 Å². The highest BCUT2D eigenvalue weighted by Gasteiger charge is 2.03. The number of methoxy groups -OCH3 is 1. The molecule has 0 bridgehead atoms. The average Bonchev–Trinajstić information content (AvgIpc) is 2.47. The molecule has 0 aliphatic carbocycles. The van der Waals surface area contributed by atoms with Crippen molar-refractivity contribution in [2.75, 3.05) is 12.4 Å². The van der Waals surface area contributed by atoms with Gasteiger partial charge in [0, 0.05) is 18.2 Å². The molecule has 0 saturated heterocycles. The van der Waals surface area contributed by atoms with Crippen LogP contribution in [0.15, 0.2) is 42.5 Å². The van der Waals surface area contributed by atoms with E-state index in [1.807, 2.05) is 18.2 Å². The van der Waals surface area contributed by atoms with Gasteiger partial charge in [0.05, 0.1) is 17.8 Å². The lowest BCUT2D eigenvalue weighted by molar-refractivity contribution is 0.100. The first kappa shape index (κ1) is 14.2. The Balaban J connectivity index is 2.06. The maximum Gasteiger partial charge on any atom is 0.248 e. The van der Waals surface area contributed by atoms with Crippen LogP contribution < -0.4 is 15.8 Å². The summed E-state index contributed by atoms with van der Waals surface area (Å²) >= 11 is 6.11. The molecular formula is C15H15ClN2O2. The van der Waals surface area contributed by atoms with Gasteiger partial charge in [-0.3, -0.25) is 4.79 Å². The Morgan fingerprint density at radius 2 is 1.95 bits per heavy atom. The molecule has 2 aromatic rings. The van der Waals surface area contributed by atoms with Crippen molar-refractivity contribution in [3.05, 3.63) is 58.6 Å². The maximum absolute atomic E-state index is 11.0. The minimum Gasteiger partial charge on any atom is -0.497 e. The number of halogens is 1. The summed E-state index contributed by atoms with van der Waals surface area (Å²) in [5, 5.41) is 3.85. The molecule has 0 fully saturated rings. The second-order valence-corrected chi connectivity index (χ2v) is 4.67. The number of carbonyl (C=O) groups excluding carboxylic acids is 1. The molecule has 5 heteroatoms. The van der Waals surface area contributed by atoms with Crippen LogP contribution in [-0.2, 0) is 6.54 Å². The zero-order valence-corrected chi connectivity index (χ0v) is 11.8. The molecule has 0 aliphatic rings.